The number of hydrogen-bond donors (Lipinski definition) is 1. The minimum atomic E-state index is -0.346. The maximum absolute atomic E-state index is 13.0. The number of amides is 2. The summed E-state index contributed by atoms with van der Waals surface area (Å²) in [6.07, 6.45) is 0.849. The van der Waals surface area contributed by atoms with E-state index in [1.807, 2.05) is 0 Å². The van der Waals surface area contributed by atoms with Gasteiger partial charge >= 0.3 is 0 Å². The average molecular weight is 248 g/mol. The van der Waals surface area contributed by atoms with Gasteiger partial charge in [-0.1, -0.05) is 12.1 Å². The molecule has 4 nitrogen and oxygen atoms in total. The van der Waals surface area contributed by atoms with Crippen LogP contribution >= 0.6 is 0 Å². The molecule has 2 atom stereocenters. The lowest BCUT2D eigenvalue weighted by Gasteiger charge is -2.26. The van der Waals surface area contributed by atoms with E-state index < -0.39 is 0 Å². The van der Waals surface area contributed by atoms with E-state index in [9.17, 15) is 14.0 Å². The minimum Gasteiger partial charge on any atom is -0.350 e. The fourth-order valence-electron chi connectivity index (χ4n) is 2.69. The third kappa shape index (κ3) is 1.85. The summed E-state index contributed by atoms with van der Waals surface area (Å²) in [5.74, 6) is -0.525. The number of hydrogen-bond acceptors (Lipinski definition) is 2. The summed E-state index contributed by atoms with van der Waals surface area (Å²) in [6.45, 7) is 0.574. The Morgan fingerprint density at radius 2 is 2.33 bits per heavy atom. The highest BCUT2D eigenvalue weighted by molar-refractivity contribution is 5.92. The Morgan fingerprint density at radius 1 is 1.50 bits per heavy atom. The molecule has 2 aliphatic rings. The summed E-state index contributed by atoms with van der Waals surface area (Å²) >= 11 is 0. The monoisotopic (exact) mass is 248 g/mol. The van der Waals surface area contributed by atoms with Crippen LogP contribution in [0.15, 0.2) is 24.3 Å². The van der Waals surface area contributed by atoms with Gasteiger partial charge in [0.05, 0.1) is 6.42 Å². The maximum atomic E-state index is 13.0. The van der Waals surface area contributed by atoms with E-state index >= 15 is 0 Å². The Balaban J connectivity index is 1.71. The number of carbonyl (C=O) groups excluding carboxylic acids is 2. The third-order valence-corrected chi connectivity index (χ3v) is 3.51. The molecule has 0 unspecified atom stereocenters. The number of nitrogens with one attached hydrogen (secondary N) is 1. The topological polar surface area (TPSA) is 49.4 Å². The number of rotatable bonds is 2. The van der Waals surface area contributed by atoms with Crippen LogP contribution in [0.2, 0.25) is 0 Å². The van der Waals surface area contributed by atoms with Crippen LogP contribution in [0.25, 0.3) is 0 Å². The maximum Gasteiger partial charge on any atom is 0.243 e. The van der Waals surface area contributed by atoms with Crippen LogP contribution < -0.4 is 5.32 Å². The van der Waals surface area contributed by atoms with Gasteiger partial charge < -0.3 is 10.2 Å². The molecule has 1 aromatic carbocycles. The van der Waals surface area contributed by atoms with E-state index in [1.54, 1.807) is 17.0 Å². The Morgan fingerprint density at radius 3 is 3.00 bits per heavy atom. The first-order chi connectivity index (χ1) is 8.63. The van der Waals surface area contributed by atoms with E-state index in [-0.39, 0.29) is 36.1 Å². The molecule has 2 saturated heterocycles. The summed E-state index contributed by atoms with van der Waals surface area (Å²) in [5.41, 5.74) is 0.642. The van der Waals surface area contributed by atoms with Crippen molar-refractivity contribution in [3.63, 3.8) is 0 Å². The Labute approximate surface area is 104 Å². The van der Waals surface area contributed by atoms with Gasteiger partial charge in [0.25, 0.3) is 0 Å². The normalized spacial score (nSPS) is 25.4. The summed E-state index contributed by atoms with van der Waals surface area (Å²) in [4.78, 5) is 25.2. The Kier molecular flexibility index (Phi) is 2.54. The van der Waals surface area contributed by atoms with Gasteiger partial charge in [-0.25, -0.2) is 4.39 Å². The van der Waals surface area contributed by atoms with E-state index in [1.165, 1.54) is 12.1 Å². The standard InChI is InChI=1S/C13H13FN2O2/c14-9-3-1-2-8(4-9)5-12(17)16-7-10-6-11(16)13(18)15-10/h1-4,10-11H,5-7H2,(H,15,18)/t10-,11-/m0/s1. The first kappa shape index (κ1) is 11.2. The molecular formula is C13H13FN2O2. The van der Waals surface area contributed by atoms with Gasteiger partial charge in [0.2, 0.25) is 11.8 Å². The molecule has 0 aliphatic carbocycles. The summed E-state index contributed by atoms with van der Waals surface area (Å²) in [6, 6.07) is 5.77. The van der Waals surface area contributed by atoms with Gasteiger partial charge in [0.15, 0.2) is 0 Å². The van der Waals surface area contributed by atoms with Crippen LogP contribution in [0.3, 0.4) is 0 Å². The molecule has 0 aromatic heterocycles. The molecule has 2 fully saturated rings. The van der Waals surface area contributed by atoms with E-state index in [0.29, 0.717) is 18.5 Å². The second kappa shape index (κ2) is 4.08. The molecule has 18 heavy (non-hydrogen) atoms. The molecule has 0 saturated carbocycles. The van der Waals surface area contributed by atoms with E-state index in [2.05, 4.69) is 5.32 Å². The van der Waals surface area contributed by atoms with Crippen LogP contribution in [0, 0.1) is 5.82 Å². The molecule has 1 aromatic rings. The highest BCUT2D eigenvalue weighted by atomic mass is 19.1. The molecule has 2 heterocycles. The van der Waals surface area contributed by atoms with Crippen molar-refractivity contribution in [1.29, 1.82) is 0 Å². The van der Waals surface area contributed by atoms with Gasteiger partial charge in [-0.15, -0.1) is 0 Å². The molecule has 2 bridgehead atoms. The molecule has 0 radical (unpaired) electrons. The highest BCUT2D eigenvalue weighted by Gasteiger charge is 2.45. The zero-order valence-electron chi connectivity index (χ0n) is 9.73. The number of benzene rings is 1. The minimum absolute atomic E-state index is 0.0705. The second-order valence-corrected chi connectivity index (χ2v) is 4.81. The van der Waals surface area contributed by atoms with Crippen molar-refractivity contribution in [1.82, 2.24) is 10.2 Å². The SMILES string of the molecule is O=C1N[C@H]2C[C@@H]1N(C(=O)Cc1cccc(F)c1)C2. The van der Waals surface area contributed by atoms with Crippen LogP contribution in [-0.4, -0.2) is 35.3 Å². The highest BCUT2D eigenvalue weighted by Crippen LogP contribution is 2.25. The van der Waals surface area contributed by atoms with Crippen molar-refractivity contribution in [3.8, 4) is 0 Å². The summed E-state index contributed by atoms with van der Waals surface area (Å²) < 4.78 is 13.0. The van der Waals surface area contributed by atoms with Crippen molar-refractivity contribution in [2.75, 3.05) is 6.54 Å². The molecular weight excluding hydrogens is 235 g/mol. The molecule has 5 heteroatoms. The molecule has 94 valence electrons. The fraction of sp³-hybridized carbons (Fsp3) is 0.385. The van der Waals surface area contributed by atoms with Crippen molar-refractivity contribution in [3.05, 3.63) is 35.6 Å². The number of likely N-dealkylation sites (tertiary alicyclic amines) is 1. The number of piperazine rings is 1. The first-order valence-electron chi connectivity index (χ1n) is 5.98. The zero-order valence-corrected chi connectivity index (χ0v) is 9.73. The van der Waals surface area contributed by atoms with Crippen LogP contribution in [0.4, 0.5) is 4.39 Å². The molecule has 2 aliphatic heterocycles. The lowest BCUT2D eigenvalue weighted by molar-refractivity contribution is -0.139. The Hall–Kier alpha value is -1.91. The smallest absolute Gasteiger partial charge is 0.243 e. The lowest BCUT2D eigenvalue weighted by atomic mass is 10.1. The summed E-state index contributed by atoms with van der Waals surface area (Å²) in [5, 5.41) is 2.82. The molecule has 2 amide bonds. The van der Waals surface area contributed by atoms with Gasteiger partial charge in [-0.05, 0) is 24.1 Å². The van der Waals surface area contributed by atoms with Crippen LogP contribution in [0.5, 0.6) is 0 Å². The average Bonchev–Trinajstić information content (AvgIpc) is 2.87. The second-order valence-electron chi connectivity index (χ2n) is 4.81. The first-order valence-corrected chi connectivity index (χ1v) is 5.98. The van der Waals surface area contributed by atoms with Gasteiger partial charge in [-0.3, -0.25) is 9.59 Å². The van der Waals surface area contributed by atoms with Gasteiger partial charge in [0, 0.05) is 12.6 Å². The number of carbonyl (C=O) groups is 2. The fourth-order valence-corrected chi connectivity index (χ4v) is 2.69. The van der Waals surface area contributed by atoms with Gasteiger partial charge in [0.1, 0.15) is 11.9 Å². The van der Waals surface area contributed by atoms with Crippen LogP contribution in [-0.2, 0) is 16.0 Å². The largest absolute Gasteiger partial charge is 0.350 e. The van der Waals surface area contributed by atoms with E-state index in [4.69, 9.17) is 0 Å². The van der Waals surface area contributed by atoms with Crippen molar-refractivity contribution in [2.24, 2.45) is 0 Å². The van der Waals surface area contributed by atoms with Crippen molar-refractivity contribution >= 4 is 11.8 Å². The molecule has 3 rings (SSSR count). The van der Waals surface area contributed by atoms with Gasteiger partial charge in [-0.2, -0.15) is 0 Å². The van der Waals surface area contributed by atoms with Crippen molar-refractivity contribution < 1.29 is 14.0 Å². The van der Waals surface area contributed by atoms with Crippen molar-refractivity contribution in [2.45, 2.75) is 24.9 Å². The Bertz CT molecular complexity index is 517. The number of nitrogens with zero attached hydrogens (tertiary/aromatic N) is 1. The van der Waals surface area contributed by atoms with E-state index in [0.717, 1.165) is 0 Å². The molecule has 0 spiro atoms. The quantitative estimate of drug-likeness (QED) is 0.827. The van der Waals surface area contributed by atoms with Crippen LogP contribution in [0.1, 0.15) is 12.0 Å². The zero-order chi connectivity index (χ0) is 12.7. The predicted molar refractivity (Wildman–Crippen MR) is 62.2 cm³/mol. The third-order valence-electron chi connectivity index (χ3n) is 3.51. The lowest BCUT2D eigenvalue weighted by Crippen LogP contribution is -2.50. The number of fused-ring (bicyclic) bond motifs is 2. The number of halogens is 1. The predicted octanol–water partition coefficient (Wildman–Crippen LogP) is 0.467. The molecule has 1 N–H and O–H groups in total. The summed E-state index contributed by atoms with van der Waals surface area (Å²) in [7, 11) is 0.